The fraction of sp³-hybridized carbons (Fsp3) is 0.357. The molecule has 0 saturated carbocycles. The molecule has 1 aromatic heterocycles. The SMILES string of the molecule is Cc1cccc(-n2c(C)cc(C(=O)Nc3ccc(CCN4CCC(C(N)=O)CC4)cc3)c2C)c1. The van der Waals surface area contributed by atoms with Gasteiger partial charge in [-0.15, -0.1) is 0 Å². The highest BCUT2D eigenvalue weighted by Crippen LogP contribution is 2.23. The number of primary amides is 1. The number of piperidine rings is 1. The van der Waals surface area contributed by atoms with E-state index in [2.05, 4.69) is 52.0 Å². The Morgan fingerprint density at radius 1 is 1.00 bits per heavy atom. The van der Waals surface area contributed by atoms with Crippen molar-refractivity contribution in [3.63, 3.8) is 0 Å². The van der Waals surface area contributed by atoms with Crippen LogP contribution in [0.25, 0.3) is 5.69 Å². The summed E-state index contributed by atoms with van der Waals surface area (Å²) in [5.74, 6) is -0.244. The maximum atomic E-state index is 13.0. The minimum Gasteiger partial charge on any atom is -0.369 e. The van der Waals surface area contributed by atoms with Crippen molar-refractivity contribution in [1.29, 1.82) is 0 Å². The molecule has 3 aromatic rings. The summed E-state index contributed by atoms with van der Waals surface area (Å²) < 4.78 is 2.12. The molecule has 1 aliphatic rings. The van der Waals surface area contributed by atoms with Gasteiger partial charge in [-0.3, -0.25) is 9.59 Å². The molecule has 0 radical (unpaired) electrons. The van der Waals surface area contributed by atoms with Crippen molar-refractivity contribution in [3.05, 3.63) is 82.7 Å². The second kappa shape index (κ2) is 10.3. The number of hydrogen-bond donors (Lipinski definition) is 2. The van der Waals surface area contributed by atoms with E-state index in [1.165, 1.54) is 11.1 Å². The number of nitrogens with one attached hydrogen (secondary N) is 1. The van der Waals surface area contributed by atoms with Crippen LogP contribution >= 0.6 is 0 Å². The average molecular weight is 459 g/mol. The summed E-state index contributed by atoms with van der Waals surface area (Å²) in [4.78, 5) is 26.7. The molecular weight excluding hydrogens is 424 g/mol. The molecule has 34 heavy (non-hydrogen) atoms. The van der Waals surface area contributed by atoms with E-state index in [1.54, 1.807) is 0 Å². The minimum atomic E-state index is -0.172. The van der Waals surface area contributed by atoms with Crippen molar-refractivity contribution >= 4 is 17.5 Å². The van der Waals surface area contributed by atoms with E-state index < -0.39 is 0 Å². The van der Waals surface area contributed by atoms with Crippen LogP contribution in [0.5, 0.6) is 0 Å². The molecule has 0 aliphatic carbocycles. The fourth-order valence-electron chi connectivity index (χ4n) is 4.84. The first-order valence-electron chi connectivity index (χ1n) is 12.0. The van der Waals surface area contributed by atoms with Gasteiger partial charge >= 0.3 is 0 Å². The Bertz CT molecular complexity index is 1170. The van der Waals surface area contributed by atoms with Crippen LogP contribution in [0.2, 0.25) is 0 Å². The molecule has 0 atom stereocenters. The molecule has 6 heteroatoms. The Hall–Kier alpha value is -3.38. The van der Waals surface area contributed by atoms with Crippen molar-refractivity contribution in [2.24, 2.45) is 11.7 Å². The molecule has 4 rings (SSSR count). The number of nitrogens with two attached hydrogens (primary N) is 1. The first-order valence-corrected chi connectivity index (χ1v) is 12.0. The lowest BCUT2D eigenvalue weighted by Gasteiger charge is -2.30. The largest absolute Gasteiger partial charge is 0.369 e. The van der Waals surface area contributed by atoms with Crippen molar-refractivity contribution in [2.45, 2.75) is 40.0 Å². The smallest absolute Gasteiger partial charge is 0.257 e. The van der Waals surface area contributed by atoms with E-state index in [1.807, 2.05) is 38.1 Å². The van der Waals surface area contributed by atoms with Crippen LogP contribution in [-0.2, 0) is 11.2 Å². The van der Waals surface area contributed by atoms with Crippen LogP contribution in [-0.4, -0.2) is 40.9 Å². The molecule has 0 bridgehead atoms. The third-order valence-electron chi connectivity index (χ3n) is 6.85. The van der Waals surface area contributed by atoms with Crippen LogP contribution in [0.4, 0.5) is 5.69 Å². The highest BCUT2D eigenvalue weighted by atomic mass is 16.2. The Kier molecular flexibility index (Phi) is 7.17. The lowest BCUT2D eigenvalue weighted by atomic mass is 9.96. The number of hydrogen-bond acceptors (Lipinski definition) is 3. The van der Waals surface area contributed by atoms with Crippen LogP contribution in [0.1, 0.15) is 45.7 Å². The number of aryl methyl sites for hydroxylation is 2. The summed E-state index contributed by atoms with van der Waals surface area (Å²) in [7, 11) is 0. The van der Waals surface area contributed by atoms with Gasteiger partial charge in [0, 0.05) is 35.2 Å². The third-order valence-corrected chi connectivity index (χ3v) is 6.85. The monoisotopic (exact) mass is 458 g/mol. The molecule has 0 unspecified atom stereocenters. The van der Waals surface area contributed by atoms with Gasteiger partial charge in [0.25, 0.3) is 5.91 Å². The van der Waals surface area contributed by atoms with Gasteiger partial charge in [-0.05, 0) is 94.6 Å². The Morgan fingerprint density at radius 3 is 2.35 bits per heavy atom. The van der Waals surface area contributed by atoms with Gasteiger partial charge in [0.15, 0.2) is 0 Å². The zero-order chi connectivity index (χ0) is 24.2. The average Bonchev–Trinajstić information content (AvgIpc) is 3.12. The number of anilines is 1. The number of aromatic nitrogens is 1. The molecule has 2 heterocycles. The van der Waals surface area contributed by atoms with Gasteiger partial charge in [0.2, 0.25) is 5.91 Å². The molecule has 1 fully saturated rings. The fourth-order valence-corrected chi connectivity index (χ4v) is 4.84. The van der Waals surface area contributed by atoms with E-state index in [4.69, 9.17) is 5.73 Å². The highest BCUT2D eigenvalue weighted by molar-refractivity contribution is 6.05. The van der Waals surface area contributed by atoms with E-state index >= 15 is 0 Å². The number of likely N-dealkylation sites (tertiary alicyclic amines) is 1. The summed E-state index contributed by atoms with van der Waals surface area (Å²) >= 11 is 0. The van der Waals surface area contributed by atoms with Crippen LogP contribution in [0.15, 0.2) is 54.6 Å². The van der Waals surface area contributed by atoms with Gasteiger partial charge in [0.05, 0.1) is 5.56 Å². The molecule has 0 spiro atoms. The van der Waals surface area contributed by atoms with Gasteiger partial charge in [-0.2, -0.15) is 0 Å². The van der Waals surface area contributed by atoms with Gasteiger partial charge in [0.1, 0.15) is 0 Å². The molecule has 1 saturated heterocycles. The summed E-state index contributed by atoms with van der Waals surface area (Å²) in [6.45, 7) is 8.88. The molecule has 1 aliphatic heterocycles. The molecule has 3 N–H and O–H groups in total. The van der Waals surface area contributed by atoms with Crippen LogP contribution in [0, 0.1) is 26.7 Å². The van der Waals surface area contributed by atoms with Crippen LogP contribution < -0.4 is 11.1 Å². The van der Waals surface area contributed by atoms with E-state index in [0.29, 0.717) is 5.56 Å². The molecule has 6 nitrogen and oxygen atoms in total. The first kappa shape index (κ1) is 23.8. The Labute approximate surface area is 201 Å². The van der Waals surface area contributed by atoms with Gasteiger partial charge < -0.3 is 20.5 Å². The molecule has 2 amide bonds. The number of nitrogens with zero attached hydrogens (tertiary/aromatic N) is 2. The number of rotatable bonds is 7. The predicted molar refractivity (Wildman–Crippen MR) is 136 cm³/mol. The maximum absolute atomic E-state index is 13.0. The summed E-state index contributed by atoms with van der Waals surface area (Å²) in [5, 5.41) is 3.04. The van der Waals surface area contributed by atoms with E-state index in [9.17, 15) is 9.59 Å². The second-order valence-corrected chi connectivity index (χ2v) is 9.38. The maximum Gasteiger partial charge on any atom is 0.257 e. The van der Waals surface area contributed by atoms with E-state index in [-0.39, 0.29) is 17.7 Å². The molecular formula is C28H34N4O2. The van der Waals surface area contributed by atoms with Crippen molar-refractivity contribution in [1.82, 2.24) is 9.47 Å². The second-order valence-electron chi connectivity index (χ2n) is 9.38. The third kappa shape index (κ3) is 5.39. The van der Waals surface area contributed by atoms with Gasteiger partial charge in [-0.1, -0.05) is 24.3 Å². The van der Waals surface area contributed by atoms with Crippen molar-refractivity contribution in [3.8, 4) is 5.69 Å². The molecule has 178 valence electrons. The summed E-state index contributed by atoms with van der Waals surface area (Å²) in [6.07, 6.45) is 2.64. The standard InChI is InChI=1S/C28H34N4O2/c1-19-5-4-6-25(17-19)32-20(2)18-26(21(32)3)28(34)30-24-9-7-22(8-10-24)11-14-31-15-12-23(13-16-31)27(29)33/h4-10,17-18,23H,11-16H2,1-3H3,(H2,29,33)(H,30,34). The zero-order valence-electron chi connectivity index (χ0n) is 20.3. The molecule has 2 aromatic carbocycles. The number of carbonyl (C=O) groups is 2. The number of benzene rings is 2. The lowest BCUT2D eigenvalue weighted by Crippen LogP contribution is -2.39. The number of carbonyl (C=O) groups excluding carboxylic acids is 2. The van der Waals surface area contributed by atoms with E-state index in [0.717, 1.165) is 61.7 Å². The number of amides is 2. The summed E-state index contributed by atoms with van der Waals surface area (Å²) in [5.41, 5.74) is 12.3. The highest BCUT2D eigenvalue weighted by Gasteiger charge is 2.22. The normalized spacial score (nSPS) is 14.8. The Morgan fingerprint density at radius 2 is 1.71 bits per heavy atom. The quantitative estimate of drug-likeness (QED) is 0.551. The zero-order valence-corrected chi connectivity index (χ0v) is 20.3. The minimum absolute atomic E-state index is 0.0280. The summed E-state index contributed by atoms with van der Waals surface area (Å²) in [6, 6.07) is 18.3. The van der Waals surface area contributed by atoms with Crippen LogP contribution in [0.3, 0.4) is 0 Å². The van der Waals surface area contributed by atoms with Gasteiger partial charge in [-0.25, -0.2) is 0 Å². The lowest BCUT2D eigenvalue weighted by molar-refractivity contribution is -0.123. The topological polar surface area (TPSA) is 80.4 Å². The first-order chi connectivity index (χ1) is 16.3. The predicted octanol–water partition coefficient (Wildman–Crippen LogP) is 4.39. The van der Waals surface area contributed by atoms with Crippen molar-refractivity contribution in [2.75, 3.05) is 25.0 Å². The Balaban J connectivity index is 1.35. The van der Waals surface area contributed by atoms with Crippen molar-refractivity contribution < 1.29 is 9.59 Å².